The van der Waals surface area contributed by atoms with E-state index in [1.165, 1.54) is 26.2 Å². The van der Waals surface area contributed by atoms with Crippen LogP contribution in [0.3, 0.4) is 0 Å². The molecule has 2 heterocycles. The van der Waals surface area contributed by atoms with Gasteiger partial charge >= 0.3 is 0 Å². The van der Waals surface area contributed by atoms with Crippen LogP contribution in [0.25, 0.3) is 11.1 Å². The third-order valence-electron chi connectivity index (χ3n) is 5.07. The first-order chi connectivity index (χ1) is 15.7. The van der Waals surface area contributed by atoms with Gasteiger partial charge in [-0.3, -0.25) is 0 Å². The predicted octanol–water partition coefficient (Wildman–Crippen LogP) is 2.23. The highest BCUT2D eigenvalue weighted by Crippen LogP contribution is 2.29. The Balaban J connectivity index is 1.70. The van der Waals surface area contributed by atoms with E-state index in [2.05, 4.69) is 25.3 Å². The second kappa shape index (κ2) is 9.06. The van der Waals surface area contributed by atoms with E-state index in [0.717, 1.165) is 9.87 Å². The number of nitrogens with zero attached hydrogens (tertiary/aromatic N) is 3. The number of hydrogen-bond acceptors (Lipinski definition) is 8. The maximum absolute atomic E-state index is 12.5. The van der Waals surface area contributed by atoms with Crippen LogP contribution in [-0.2, 0) is 20.0 Å². The summed E-state index contributed by atoms with van der Waals surface area (Å²) < 4.78 is 53.5. The molecule has 0 spiro atoms. The summed E-state index contributed by atoms with van der Waals surface area (Å²) in [6, 6.07) is 12.9. The van der Waals surface area contributed by atoms with Crippen molar-refractivity contribution in [2.45, 2.75) is 16.2 Å². The van der Waals surface area contributed by atoms with Crippen LogP contribution in [0.15, 0.2) is 64.5 Å². The van der Waals surface area contributed by atoms with Crippen molar-refractivity contribution >= 4 is 37.5 Å². The number of rotatable bonds is 3. The normalized spacial score (nSPS) is 16.0. The first-order valence-corrected chi connectivity index (χ1v) is 13.1. The zero-order valence-electron chi connectivity index (χ0n) is 18.1. The third kappa shape index (κ3) is 4.98. The van der Waals surface area contributed by atoms with Crippen LogP contribution in [0, 0.1) is 0 Å². The fourth-order valence-corrected chi connectivity index (χ4v) is 5.28. The molecule has 4 bridgehead atoms. The van der Waals surface area contributed by atoms with Gasteiger partial charge in [-0.15, -0.1) is 0 Å². The fraction of sp³-hybridized carbons (Fsp3) is 0.238. The van der Waals surface area contributed by atoms with Gasteiger partial charge in [-0.1, -0.05) is 18.2 Å². The zero-order valence-corrected chi connectivity index (χ0v) is 19.7. The average molecular weight is 489 g/mol. The molecule has 1 aliphatic heterocycles. The van der Waals surface area contributed by atoms with Crippen molar-refractivity contribution in [3.8, 4) is 11.1 Å². The molecule has 0 atom stereocenters. The van der Waals surface area contributed by atoms with Crippen molar-refractivity contribution < 1.29 is 16.8 Å². The summed E-state index contributed by atoms with van der Waals surface area (Å²) in [4.78, 5) is 9.29. The highest BCUT2D eigenvalue weighted by Gasteiger charge is 2.19. The lowest BCUT2D eigenvalue weighted by molar-refractivity contribution is 0.521. The Morgan fingerprint density at radius 3 is 2.52 bits per heavy atom. The van der Waals surface area contributed by atoms with Crippen molar-refractivity contribution in [3.63, 3.8) is 0 Å². The molecule has 1 aromatic heterocycles. The number of benzene rings is 2. The molecule has 3 aromatic rings. The molecule has 0 fully saturated rings. The van der Waals surface area contributed by atoms with E-state index in [1.54, 1.807) is 42.6 Å². The molecule has 0 amide bonds. The standard InChI is InChI=1S/C21H24N6O4S2/c1-27(2)33(30,31)17-9-7-15(8-10-17)19-14-23-21-25-16-5-3-6-18(13-16)32(28,29)24-12-4-11-22-20(19)26-21/h3,5-10,13-14,24H,4,11-12H2,1-2H3,(H2,22,23,25,26). The zero-order chi connectivity index (χ0) is 23.6. The van der Waals surface area contributed by atoms with Crippen molar-refractivity contribution in [1.29, 1.82) is 0 Å². The van der Waals surface area contributed by atoms with E-state index >= 15 is 0 Å². The second-order valence-corrected chi connectivity index (χ2v) is 11.5. The highest BCUT2D eigenvalue weighted by atomic mass is 32.2. The number of fused-ring (bicyclic) bond motifs is 4. The van der Waals surface area contributed by atoms with E-state index in [0.29, 0.717) is 36.0 Å². The number of hydrogen-bond donors (Lipinski definition) is 3. The molecule has 4 rings (SSSR count). The molecule has 10 nitrogen and oxygen atoms in total. The molecule has 3 N–H and O–H groups in total. The monoisotopic (exact) mass is 488 g/mol. The number of sulfonamides is 2. The van der Waals surface area contributed by atoms with E-state index in [4.69, 9.17) is 0 Å². The van der Waals surface area contributed by atoms with Gasteiger partial charge in [-0.05, 0) is 42.3 Å². The quantitative estimate of drug-likeness (QED) is 0.511. The van der Waals surface area contributed by atoms with Crippen LogP contribution >= 0.6 is 0 Å². The van der Waals surface area contributed by atoms with Gasteiger partial charge in [0.15, 0.2) is 0 Å². The number of anilines is 3. The lowest BCUT2D eigenvalue weighted by Crippen LogP contribution is -2.26. The first kappa shape index (κ1) is 23.1. The van der Waals surface area contributed by atoms with Crippen LogP contribution in [0.1, 0.15) is 6.42 Å². The van der Waals surface area contributed by atoms with Gasteiger partial charge in [-0.25, -0.2) is 30.8 Å². The number of aromatic nitrogens is 2. The molecule has 33 heavy (non-hydrogen) atoms. The van der Waals surface area contributed by atoms with Gasteiger partial charge in [0.2, 0.25) is 26.0 Å². The van der Waals surface area contributed by atoms with Crippen LogP contribution < -0.4 is 15.4 Å². The molecule has 0 saturated heterocycles. The molecule has 0 aliphatic carbocycles. The minimum absolute atomic E-state index is 0.157. The van der Waals surface area contributed by atoms with Crippen molar-refractivity contribution in [2.75, 3.05) is 37.8 Å². The van der Waals surface area contributed by atoms with Gasteiger partial charge < -0.3 is 10.6 Å². The Labute approximate surface area is 193 Å². The maximum Gasteiger partial charge on any atom is 0.242 e. The van der Waals surface area contributed by atoms with E-state index in [9.17, 15) is 16.8 Å². The van der Waals surface area contributed by atoms with Crippen LogP contribution in [0.4, 0.5) is 17.5 Å². The largest absolute Gasteiger partial charge is 0.369 e. The summed E-state index contributed by atoms with van der Waals surface area (Å²) in [6.07, 6.45) is 2.18. The van der Waals surface area contributed by atoms with Crippen LogP contribution in [0.5, 0.6) is 0 Å². The van der Waals surface area contributed by atoms with Crippen LogP contribution in [0.2, 0.25) is 0 Å². The minimum atomic E-state index is -3.62. The summed E-state index contributed by atoms with van der Waals surface area (Å²) in [7, 11) is -4.18. The maximum atomic E-state index is 12.5. The van der Waals surface area contributed by atoms with Gasteiger partial charge in [0.05, 0.1) is 9.79 Å². The van der Waals surface area contributed by atoms with E-state index in [-0.39, 0.29) is 16.3 Å². The van der Waals surface area contributed by atoms with Gasteiger partial charge in [0.25, 0.3) is 0 Å². The lowest BCUT2D eigenvalue weighted by atomic mass is 10.1. The number of nitrogens with one attached hydrogen (secondary N) is 3. The topological polar surface area (TPSA) is 133 Å². The summed E-state index contributed by atoms with van der Waals surface area (Å²) in [5.74, 6) is 0.851. The molecule has 0 saturated carbocycles. The average Bonchev–Trinajstić information content (AvgIpc) is 2.79. The smallest absolute Gasteiger partial charge is 0.242 e. The molecular formula is C21H24N6O4S2. The molecule has 0 radical (unpaired) electrons. The van der Waals surface area contributed by atoms with E-state index in [1.807, 2.05) is 0 Å². The molecule has 0 unspecified atom stereocenters. The Hall–Kier alpha value is -3.06. The van der Waals surface area contributed by atoms with Crippen molar-refractivity contribution in [2.24, 2.45) is 0 Å². The summed E-state index contributed by atoms with van der Waals surface area (Å²) in [5, 5.41) is 6.28. The molecule has 12 heteroatoms. The Morgan fingerprint density at radius 1 is 1.03 bits per heavy atom. The predicted molar refractivity (Wildman–Crippen MR) is 126 cm³/mol. The van der Waals surface area contributed by atoms with Crippen molar-refractivity contribution in [1.82, 2.24) is 19.0 Å². The molecule has 174 valence electrons. The van der Waals surface area contributed by atoms with Gasteiger partial charge in [0, 0.05) is 44.6 Å². The molecule has 1 aliphatic rings. The Morgan fingerprint density at radius 2 is 1.79 bits per heavy atom. The molecular weight excluding hydrogens is 464 g/mol. The Kier molecular flexibility index (Phi) is 6.34. The fourth-order valence-electron chi connectivity index (χ4n) is 3.26. The van der Waals surface area contributed by atoms with Gasteiger partial charge in [-0.2, -0.15) is 4.98 Å². The molecule has 2 aromatic carbocycles. The highest BCUT2D eigenvalue weighted by molar-refractivity contribution is 7.89. The lowest BCUT2D eigenvalue weighted by Gasteiger charge is -2.14. The third-order valence-corrected chi connectivity index (χ3v) is 8.36. The van der Waals surface area contributed by atoms with Crippen molar-refractivity contribution in [3.05, 3.63) is 54.7 Å². The second-order valence-electron chi connectivity index (χ2n) is 7.60. The van der Waals surface area contributed by atoms with E-state index < -0.39 is 20.0 Å². The van der Waals surface area contributed by atoms with Crippen LogP contribution in [-0.4, -0.2) is 58.3 Å². The summed E-state index contributed by atoms with van der Waals surface area (Å²) >= 11 is 0. The van der Waals surface area contributed by atoms with Gasteiger partial charge in [0.1, 0.15) is 5.82 Å². The SMILES string of the molecule is CN(C)S(=O)(=O)c1ccc(-c2cnc3nc2NCCCNS(=O)(=O)c2cccc(c2)N3)cc1. The minimum Gasteiger partial charge on any atom is -0.369 e. The summed E-state index contributed by atoms with van der Waals surface area (Å²) in [6.45, 7) is 0.730. The Bertz CT molecular complexity index is 1370. The summed E-state index contributed by atoms with van der Waals surface area (Å²) in [5.41, 5.74) is 1.97. The first-order valence-electron chi connectivity index (χ1n) is 10.2.